The molecule has 0 fully saturated rings. The number of benzene rings is 3. The normalized spacial score (nSPS) is 12.7. The average molecular weight is 476 g/mol. The van der Waals surface area contributed by atoms with Gasteiger partial charge in [0.05, 0.1) is 12.0 Å². The molecule has 0 spiro atoms. The predicted octanol–water partition coefficient (Wildman–Crippen LogP) is 2.52. The van der Waals surface area contributed by atoms with Crippen molar-refractivity contribution in [3.63, 3.8) is 0 Å². The van der Waals surface area contributed by atoms with E-state index in [4.69, 9.17) is 8.92 Å². The monoisotopic (exact) mass is 475 g/mol. The molecule has 0 aromatic heterocycles. The number of ether oxygens (including phenoxy) is 1. The molecule has 32 heavy (non-hydrogen) atoms. The molecule has 0 saturated carbocycles. The summed E-state index contributed by atoms with van der Waals surface area (Å²) < 4.78 is 62.0. The molecule has 1 N–H and O–H groups in total. The highest BCUT2D eigenvalue weighted by molar-refractivity contribution is 7.89. The quantitative estimate of drug-likeness (QED) is 0.373. The van der Waals surface area contributed by atoms with Crippen LogP contribution in [0.4, 0.5) is 0 Å². The van der Waals surface area contributed by atoms with Gasteiger partial charge in [0, 0.05) is 0 Å². The minimum Gasteiger partial charge on any atom is -0.468 e. The predicted molar refractivity (Wildman–Crippen MR) is 117 cm³/mol. The van der Waals surface area contributed by atoms with Gasteiger partial charge in [0.25, 0.3) is 0 Å². The number of esters is 1. The second-order valence-electron chi connectivity index (χ2n) is 6.71. The summed E-state index contributed by atoms with van der Waals surface area (Å²) in [7, 11) is -6.78. The van der Waals surface area contributed by atoms with E-state index in [1.807, 2.05) is 0 Å². The molecule has 0 bridgehead atoms. The number of nitrogens with one attached hydrogen (secondary N) is 1. The van der Waals surface area contributed by atoms with Gasteiger partial charge in [-0.25, -0.2) is 8.42 Å². The van der Waals surface area contributed by atoms with Crippen molar-refractivity contribution in [2.45, 2.75) is 22.3 Å². The van der Waals surface area contributed by atoms with Crippen LogP contribution in [-0.4, -0.2) is 36.0 Å². The first-order valence-corrected chi connectivity index (χ1v) is 12.3. The van der Waals surface area contributed by atoms with Gasteiger partial charge in [-0.15, -0.1) is 0 Å². The van der Waals surface area contributed by atoms with Crippen LogP contribution in [0.5, 0.6) is 5.75 Å². The maximum atomic E-state index is 12.6. The topological polar surface area (TPSA) is 116 Å². The molecule has 3 aromatic carbocycles. The molecule has 0 saturated heterocycles. The molecule has 0 aliphatic rings. The zero-order valence-corrected chi connectivity index (χ0v) is 18.7. The molecule has 0 aliphatic heterocycles. The van der Waals surface area contributed by atoms with E-state index in [0.29, 0.717) is 5.56 Å². The van der Waals surface area contributed by atoms with E-state index in [-0.39, 0.29) is 22.0 Å². The van der Waals surface area contributed by atoms with Crippen LogP contribution in [0.3, 0.4) is 0 Å². The highest BCUT2D eigenvalue weighted by Crippen LogP contribution is 2.20. The lowest BCUT2D eigenvalue weighted by molar-refractivity contribution is -0.142. The highest BCUT2D eigenvalue weighted by atomic mass is 32.2. The van der Waals surface area contributed by atoms with Crippen molar-refractivity contribution < 1.29 is 30.6 Å². The van der Waals surface area contributed by atoms with Gasteiger partial charge in [-0.2, -0.15) is 13.1 Å². The zero-order chi connectivity index (χ0) is 23.2. The van der Waals surface area contributed by atoms with Crippen molar-refractivity contribution >= 4 is 26.1 Å². The first kappa shape index (κ1) is 23.5. The number of hydrogen-bond donors (Lipinski definition) is 1. The Balaban J connectivity index is 1.74. The highest BCUT2D eigenvalue weighted by Gasteiger charge is 2.27. The second kappa shape index (κ2) is 9.94. The van der Waals surface area contributed by atoms with Crippen LogP contribution in [0.1, 0.15) is 5.56 Å². The number of hydrogen-bond acceptors (Lipinski definition) is 7. The Labute approximate surface area is 187 Å². The number of carbonyl (C=O) groups is 1. The van der Waals surface area contributed by atoms with Crippen LogP contribution >= 0.6 is 0 Å². The van der Waals surface area contributed by atoms with E-state index >= 15 is 0 Å². The Kier molecular flexibility index (Phi) is 7.29. The molecule has 0 amide bonds. The molecule has 8 nitrogen and oxygen atoms in total. The van der Waals surface area contributed by atoms with Crippen molar-refractivity contribution in [1.29, 1.82) is 0 Å². The molecule has 0 aliphatic carbocycles. The lowest BCUT2D eigenvalue weighted by Gasteiger charge is -2.17. The van der Waals surface area contributed by atoms with Gasteiger partial charge in [-0.1, -0.05) is 48.5 Å². The van der Waals surface area contributed by atoms with E-state index in [2.05, 4.69) is 4.72 Å². The van der Waals surface area contributed by atoms with E-state index < -0.39 is 32.2 Å². The summed E-state index contributed by atoms with van der Waals surface area (Å²) in [5.74, 6) is -0.673. The molecule has 0 unspecified atom stereocenters. The molecule has 3 rings (SSSR count). The minimum absolute atomic E-state index is 0.00947. The van der Waals surface area contributed by atoms with Crippen LogP contribution in [0.2, 0.25) is 0 Å². The lowest BCUT2D eigenvalue weighted by Crippen LogP contribution is -2.42. The van der Waals surface area contributed by atoms with Crippen LogP contribution in [0, 0.1) is 0 Å². The van der Waals surface area contributed by atoms with Gasteiger partial charge in [-0.05, 0) is 48.4 Å². The smallest absolute Gasteiger partial charge is 0.339 e. The summed E-state index contributed by atoms with van der Waals surface area (Å²) in [6, 6.07) is 20.1. The SMILES string of the molecule is COC(=O)[C@H](Cc1ccc(OS(=O)(=O)c2ccccc2)cc1)NS(=O)(=O)c1ccccc1. The molecule has 0 heterocycles. The molecular formula is C22H21NO7S2. The fraction of sp³-hybridized carbons (Fsp3) is 0.136. The van der Waals surface area contributed by atoms with E-state index in [0.717, 1.165) is 7.11 Å². The zero-order valence-electron chi connectivity index (χ0n) is 17.0. The van der Waals surface area contributed by atoms with Gasteiger partial charge >= 0.3 is 16.1 Å². The Morgan fingerprint density at radius 3 is 1.88 bits per heavy atom. The van der Waals surface area contributed by atoms with Crippen molar-refractivity contribution in [3.05, 3.63) is 90.5 Å². The summed E-state index contributed by atoms with van der Waals surface area (Å²) in [5, 5.41) is 0. The maximum Gasteiger partial charge on any atom is 0.339 e. The minimum atomic E-state index is -3.99. The maximum absolute atomic E-state index is 12.6. The van der Waals surface area contributed by atoms with E-state index in [1.54, 1.807) is 48.5 Å². The van der Waals surface area contributed by atoms with Crippen LogP contribution in [-0.2, 0) is 36.1 Å². The Hall–Kier alpha value is -3.21. The largest absolute Gasteiger partial charge is 0.468 e. The van der Waals surface area contributed by atoms with Crippen LogP contribution in [0.25, 0.3) is 0 Å². The third-order valence-electron chi connectivity index (χ3n) is 4.44. The third kappa shape index (κ3) is 5.94. The first-order valence-electron chi connectivity index (χ1n) is 9.45. The van der Waals surface area contributed by atoms with Gasteiger partial charge in [0.1, 0.15) is 16.7 Å². The van der Waals surface area contributed by atoms with E-state index in [9.17, 15) is 21.6 Å². The van der Waals surface area contributed by atoms with Gasteiger partial charge in [-0.3, -0.25) is 4.79 Å². The summed E-state index contributed by atoms with van der Waals surface area (Å²) in [4.78, 5) is 12.2. The summed E-state index contributed by atoms with van der Waals surface area (Å²) in [6.45, 7) is 0. The van der Waals surface area contributed by atoms with Gasteiger partial charge < -0.3 is 8.92 Å². The molecule has 1 atom stereocenters. The molecule has 10 heteroatoms. The fourth-order valence-corrected chi connectivity index (χ4v) is 5.01. The van der Waals surface area contributed by atoms with Crippen molar-refractivity contribution in [2.75, 3.05) is 7.11 Å². The Bertz CT molecular complexity index is 1260. The van der Waals surface area contributed by atoms with E-state index in [1.165, 1.54) is 36.4 Å². The van der Waals surface area contributed by atoms with Gasteiger partial charge in [0.15, 0.2) is 0 Å². The molecule has 3 aromatic rings. The molecule has 0 radical (unpaired) electrons. The summed E-state index contributed by atoms with van der Waals surface area (Å²) >= 11 is 0. The Morgan fingerprint density at radius 1 is 0.812 bits per heavy atom. The fourth-order valence-electron chi connectivity index (χ4n) is 2.85. The van der Waals surface area contributed by atoms with Gasteiger partial charge in [0.2, 0.25) is 10.0 Å². The third-order valence-corrected chi connectivity index (χ3v) is 7.19. The summed E-state index contributed by atoms with van der Waals surface area (Å²) in [6.07, 6.45) is -0.00947. The van der Waals surface area contributed by atoms with Crippen molar-refractivity contribution in [2.24, 2.45) is 0 Å². The first-order chi connectivity index (χ1) is 15.2. The summed E-state index contributed by atoms with van der Waals surface area (Å²) in [5.41, 5.74) is 0.570. The lowest BCUT2D eigenvalue weighted by atomic mass is 10.1. The molecule has 168 valence electrons. The Morgan fingerprint density at radius 2 is 1.34 bits per heavy atom. The number of carbonyl (C=O) groups excluding carboxylic acids is 1. The van der Waals surface area contributed by atoms with Crippen LogP contribution < -0.4 is 8.91 Å². The number of methoxy groups -OCH3 is 1. The van der Waals surface area contributed by atoms with Crippen molar-refractivity contribution in [1.82, 2.24) is 4.72 Å². The number of sulfonamides is 1. The average Bonchev–Trinajstić information content (AvgIpc) is 2.80. The standard InChI is InChI=1S/C22H21NO7S2/c1-29-22(24)21(23-31(25,26)19-8-4-2-5-9-19)16-17-12-14-18(15-13-17)30-32(27,28)20-10-6-3-7-11-20/h2-15,21,23H,16H2,1H3/t21-/m0/s1. The molecular weight excluding hydrogens is 454 g/mol. The van der Waals surface area contributed by atoms with Crippen molar-refractivity contribution in [3.8, 4) is 5.75 Å². The van der Waals surface area contributed by atoms with Crippen LogP contribution in [0.15, 0.2) is 94.7 Å². The number of rotatable bonds is 9. The second-order valence-corrected chi connectivity index (χ2v) is 9.97.